The van der Waals surface area contributed by atoms with Gasteiger partial charge in [0.2, 0.25) is 15.9 Å². The summed E-state index contributed by atoms with van der Waals surface area (Å²) in [5, 5.41) is 4.97. The maximum Gasteiger partial charge on any atom is 0.239 e. The van der Waals surface area contributed by atoms with Crippen molar-refractivity contribution in [1.82, 2.24) is 9.88 Å². The Morgan fingerprint density at radius 3 is 2.72 bits per heavy atom. The van der Waals surface area contributed by atoms with Crippen LogP contribution in [0.2, 0.25) is 0 Å². The van der Waals surface area contributed by atoms with Crippen molar-refractivity contribution in [3.8, 4) is 5.88 Å². The topological polar surface area (TPSA) is 85.5 Å². The van der Waals surface area contributed by atoms with Gasteiger partial charge in [0.15, 0.2) is 0 Å². The number of primary sulfonamides is 1. The molecule has 0 aliphatic heterocycles. The Kier molecular flexibility index (Phi) is 3.84. The number of nitrogens with two attached hydrogens (primary N) is 1. The molecule has 1 heterocycles. The van der Waals surface area contributed by atoms with Crippen molar-refractivity contribution in [2.24, 2.45) is 5.14 Å². The van der Waals surface area contributed by atoms with Crippen LogP contribution < -0.4 is 9.88 Å². The monoisotopic (exact) mass is 271 g/mol. The number of aromatic nitrogens is 1. The Bertz CT molecular complexity index is 497. The van der Waals surface area contributed by atoms with Gasteiger partial charge in [-0.2, -0.15) is 0 Å². The van der Waals surface area contributed by atoms with Crippen LogP contribution in [0.3, 0.4) is 0 Å². The lowest BCUT2D eigenvalue weighted by molar-refractivity contribution is 0.226. The van der Waals surface area contributed by atoms with E-state index in [1.807, 2.05) is 0 Å². The first-order valence-corrected chi connectivity index (χ1v) is 7.33. The Labute approximate surface area is 107 Å². The second-order valence-corrected chi connectivity index (χ2v) is 6.00. The van der Waals surface area contributed by atoms with Crippen LogP contribution in [0.25, 0.3) is 0 Å². The quantitative estimate of drug-likeness (QED) is 0.799. The zero-order chi connectivity index (χ0) is 13.2. The smallest absolute Gasteiger partial charge is 0.239 e. The van der Waals surface area contributed by atoms with Gasteiger partial charge < -0.3 is 9.64 Å². The zero-order valence-electron chi connectivity index (χ0n) is 10.2. The summed E-state index contributed by atoms with van der Waals surface area (Å²) in [6.07, 6.45) is 3.73. The number of pyridine rings is 1. The lowest BCUT2D eigenvalue weighted by Crippen LogP contribution is -2.26. The van der Waals surface area contributed by atoms with Gasteiger partial charge in [-0.15, -0.1) is 0 Å². The minimum Gasteiger partial charge on any atom is -0.476 e. The number of sulfonamides is 1. The molecule has 100 valence electrons. The number of nitrogens with zero attached hydrogens (tertiary/aromatic N) is 2. The first-order chi connectivity index (χ1) is 8.47. The highest BCUT2D eigenvalue weighted by Crippen LogP contribution is 2.24. The molecule has 0 saturated heterocycles. The predicted molar refractivity (Wildman–Crippen MR) is 66.8 cm³/mol. The summed E-state index contributed by atoms with van der Waals surface area (Å²) in [5.74, 6) is 0.409. The van der Waals surface area contributed by atoms with Crippen LogP contribution in [0, 0.1) is 0 Å². The number of rotatable bonds is 6. The highest BCUT2D eigenvalue weighted by Gasteiger charge is 2.25. The van der Waals surface area contributed by atoms with Gasteiger partial charge in [0.25, 0.3) is 0 Å². The standard InChI is InChI=1S/C11H17N3O3S/c1-14(9-2-3-9)6-7-17-11-5-4-10(8-13-11)18(12,15)16/h4-5,8-9H,2-3,6-7H2,1H3,(H2,12,15,16). The predicted octanol–water partition coefficient (Wildman–Crippen LogP) is 0.202. The van der Waals surface area contributed by atoms with E-state index < -0.39 is 10.0 Å². The molecule has 0 atom stereocenters. The van der Waals surface area contributed by atoms with E-state index in [4.69, 9.17) is 9.88 Å². The molecule has 0 unspecified atom stereocenters. The minimum atomic E-state index is -3.68. The molecule has 0 spiro atoms. The highest BCUT2D eigenvalue weighted by molar-refractivity contribution is 7.89. The van der Waals surface area contributed by atoms with Gasteiger partial charge in [0, 0.05) is 18.7 Å². The lowest BCUT2D eigenvalue weighted by atomic mass is 10.5. The van der Waals surface area contributed by atoms with E-state index in [9.17, 15) is 8.42 Å². The molecule has 0 bridgehead atoms. The summed E-state index contributed by atoms with van der Waals surface area (Å²) in [6, 6.07) is 3.60. The Morgan fingerprint density at radius 1 is 1.50 bits per heavy atom. The van der Waals surface area contributed by atoms with Crippen molar-refractivity contribution in [3.63, 3.8) is 0 Å². The maximum atomic E-state index is 11.0. The third-order valence-corrected chi connectivity index (χ3v) is 3.80. The van der Waals surface area contributed by atoms with Gasteiger partial charge >= 0.3 is 0 Å². The third kappa shape index (κ3) is 3.66. The van der Waals surface area contributed by atoms with Gasteiger partial charge in [-0.3, -0.25) is 0 Å². The van der Waals surface area contributed by atoms with Crippen LogP contribution in [0.4, 0.5) is 0 Å². The molecule has 1 aromatic heterocycles. The summed E-state index contributed by atoms with van der Waals surface area (Å²) >= 11 is 0. The summed E-state index contributed by atoms with van der Waals surface area (Å²) in [7, 11) is -1.61. The van der Waals surface area contributed by atoms with Crippen LogP contribution in [0.1, 0.15) is 12.8 Å². The number of hydrogen-bond acceptors (Lipinski definition) is 5. The second-order valence-electron chi connectivity index (χ2n) is 4.44. The van der Waals surface area contributed by atoms with Crippen LogP contribution in [-0.2, 0) is 10.0 Å². The van der Waals surface area contributed by atoms with Crippen molar-refractivity contribution in [2.75, 3.05) is 20.2 Å². The average molecular weight is 271 g/mol. The van der Waals surface area contributed by atoms with Crippen LogP contribution >= 0.6 is 0 Å². The van der Waals surface area contributed by atoms with Crippen LogP contribution in [-0.4, -0.2) is 44.5 Å². The molecule has 2 rings (SSSR count). The number of likely N-dealkylation sites (N-methyl/N-ethyl adjacent to an activating group) is 1. The van der Waals surface area contributed by atoms with Crippen LogP contribution in [0.5, 0.6) is 5.88 Å². The molecule has 1 aliphatic rings. The van der Waals surface area contributed by atoms with Gasteiger partial charge in [0.1, 0.15) is 11.5 Å². The van der Waals surface area contributed by atoms with Crippen molar-refractivity contribution in [2.45, 2.75) is 23.8 Å². The van der Waals surface area contributed by atoms with E-state index in [0.717, 1.165) is 6.54 Å². The van der Waals surface area contributed by atoms with E-state index >= 15 is 0 Å². The van der Waals surface area contributed by atoms with E-state index in [0.29, 0.717) is 18.5 Å². The molecule has 1 aliphatic carbocycles. The van der Waals surface area contributed by atoms with E-state index in [-0.39, 0.29) is 4.90 Å². The van der Waals surface area contributed by atoms with E-state index in [1.165, 1.54) is 31.2 Å². The molecule has 1 saturated carbocycles. The lowest BCUT2D eigenvalue weighted by Gasteiger charge is -2.15. The largest absolute Gasteiger partial charge is 0.476 e. The molecule has 1 fully saturated rings. The molecule has 1 aromatic rings. The molecule has 0 radical (unpaired) electrons. The fraction of sp³-hybridized carbons (Fsp3) is 0.545. The van der Waals surface area contributed by atoms with Gasteiger partial charge in [-0.25, -0.2) is 18.5 Å². The second kappa shape index (κ2) is 5.21. The molecule has 6 nitrogen and oxygen atoms in total. The molecule has 0 aromatic carbocycles. The van der Waals surface area contributed by atoms with Crippen molar-refractivity contribution in [1.29, 1.82) is 0 Å². The Hall–Kier alpha value is -1.18. The highest BCUT2D eigenvalue weighted by atomic mass is 32.2. The fourth-order valence-corrected chi connectivity index (χ4v) is 2.07. The summed E-state index contributed by atoms with van der Waals surface area (Å²) in [5.41, 5.74) is 0. The Balaban J connectivity index is 1.82. The van der Waals surface area contributed by atoms with Crippen molar-refractivity contribution >= 4 is 10.0 Å². The average Bonchev–Trinajstić information content (AvgIpc) is 3.12. The number of ether oxygens (including phenoxy) is 1. The fourth-order valence-electron chi connectivity index (χ4n) is 1.61. The van der Waals surface area contributed by atoms with Gasteiger partial charge in [-0.1, -0.05) is 0 Å². The molecular weight excluding hydrogens is 254 g/mol. The molecular formula is C11H17N3O3S. The normalized spacial score (nSPS) is 15.9. The third-order valence-electron chi connectivity index (χ3n) is 2.90. The van der Waals surface area contributed by atoms with Gasteiger partial charge in [-0.05, 0) is 26.0 Å². The summed E-state index contributed by atoms with van der Waals surface area (Å²) in [4.78, 5) is 6.14. The Morgan fingerprint density at radius 2 is 2.22 bits per heavy atom. The van der Waals surface area contributed by atoms with E-state index in [2.05, 4.69) is 16.9 Å². The summed E-state index contributed by atoms with van der Waals surface area (Å²) in [6.45, 7) is 1.37. The molecule has 18 heavy (non-hydrogen) atoms. The van der Waals surface area contributed by atoms with Crippen LogP contribution in [0.15, 0.2) is 23.2 Å². The van der Waals surface area contributed by atoms with Gasteiger partial charge in [0.05, 0.1) is 6.20 Å². The SMILES string of the molecule is CN(CCOc1ccc(S(N)(=O)=O)cn1)C1CC1. The summed E-state index contributed by atoms with van der Waals surface area (Å²) < 4.78 is 27.5. The molecule has 0 amide bonds. The van der Waals surface area contributed by atoms with Crippen molar-refractivity contribution < 1.29 is 13.2 Å². The first kappa shape index (κ1) is 13.3. The zero-order valence-corrected chi connectivity index (χ0v) is 11.1. The van der Waals surface area contributed by atoms with E-state index in [1.54, 1.807) is 0 Å². The molecule has 2 N–H and O–H groups in total. The first-order valence-electron chi connectivity index (χ1n) is 5.79. The van der Waals surface area contributed by atoms with Crippen molar-refractivity contribution in [3.05, 3.63) is 18.3 Å². The number of hydrogen-bond donors (Lipinski definition) is 1. The molecule has 7 heteroatoms. The maximum absolute atomic E-state index is 11.0. The minimum absolute atomic E-state index is 0.00931.